The van der Waals surface area contributed by atoms with Gasteiger partial charge < -0.3 is 5.32 Å². The summed E-state index contributed by atoms with van der Waals surface area (Å²) in [6.45, 7) is 4.11. The van der Waals surface area contributed by atoms with E-state index in [4.69, 9.17) is 0 Å². The molecule has 0 bridgehead atoms. The van der Waals surface area contributed by atoms with Gasteiger partial charge in [-0.3, -0.25) is 0 Å². The van der Waals surface area contributed by atoms with Gasteiger partial charge in [0.25, 0.3) is 0 Å². The molecule has 0 radical (unpaired) electrons. The second-order valence-corrected chi connectivity index (χ2v) is 5.41. The molecule has 0 unspecified atom stereocenters. The summed E-state index contributed by atoms with van der Waals surface area (Å²) >= 11 is 5.09. The van der Waals surface area contributed by atoms with E-state index in [9.17, 15) is 0 Å². The van der Waals surface area contributed by atoms with Crippen LogP contribution in [0.15, 0.2) is 28.7 Å². The fourth-order valence-electron chi connectivity index (χ4n) is 1.18. The number of nitrogens with one attached hydrogen (secondary N) is 1. The van der Waals surface area contributed by atoms with Gasteiger partial charge in [0.15, 0.2) is 5.13 Å². The largest absolute Gasteiger partial charge is 0.332 e. The van der Waals surface area contributed by atoms with Crippen molar-refractivity contribution in [2.24, 2.45) is 0 Å². The quantitative estimate of drug-likeness (QED) is 0.890. The molecule has 0 aliphatic rings. The van der Waals surface area contributed by atoms with Crippen molar-refractivity contribution in [3.05, 3.63) is 39.3 Å². The fourth-order valence-corrected chi connectivity index (χ4v) is 2.28. The van der Waals surface area contributed by atoms with Crippen LogP contribution >= 0.6 is 27.3 Å². The second kappa shape index (κ2) is 4.33. The van der Waals surface area contributed by atoms with E-state index >= 15 is 0 Å². The highest BCUT2D eigenvalue weighted by atomic mass is 79.9. The first-order chi connectivity index (χ1) is 7.15. The van der Waals surface area contributed by atoms with Gasteiger partial charge in [-0.05, 0) is 38.1 Å². The zero-order valence-corrected chi connectivity index (χ0v) is 10.9. The molecule has 15 heavy (non-hydrogen) atoms. The van der Waals surface area contributed by atoms with Gasteiger partial charge in [-0.2, -0.15) is 0 Å². The van der Waals surface area contributed by atoms with Crippen molar-refractivity contribution in [1.29, 1.82) is 0 Å². The number of nitrogens with zero attached hydrogens (tertiary/aromatic N) is 1. The summed E-state index contributed by atoms with van der Waals surface area (Å²) in [5.74, 6) is 0. The molecule has 2 nitrogen and oxygen atoms in total. The summed E-state index contributed by atoms with van der Waals surface area (Å²) in [5.41, 5.74) is 2.16. The van der Waals surface area contributed by atoms with Crippen LogP contribution in [-0.2, 0) is 0 Å². The van der Waals surface area contributed by atoms with E-state index in [2.05, 4.69) is 33.2 Å². The van der Waals surface area contributed by atoms with Gasteiger partial charge >= 0.3 is 0 Å². The Morgan fingerprint density at radius 1 is 1.20 bits per heavy atom. The van der Waals surface area contributed by atoms with Crippen LogP contribution in [0.3, 0.4) is 0 Å². The van der Waals surface area contributed by atoms with Crippen LogP contribution < -0.4 is 5.32 Å². The molecule has 0 saturated carbocycles. The van der Waals surface area contributed by atoms with Crippen molar-refractivity contribution in [2.45, 2.75) is 13.8 Å². The SMILES string of the molecule is Cc1nc(Nc2ccc(Br)cc2)sc1C. The summed E-state index contributed by atoms with van der Waals surface area (Å²) in [6, 6.07) is 8.07. The van der Waals surface area contributed by atoms with Crippen LogP contribution in [0.2, 0.25) is 0 Å². The van der Waals surface area contributed by atoms with E-state index in [1.165, 1.54) is 4.88 Å². The molecule has 1 heterocycles. The number of aryl methyl sites for hydroxylation is 2. The molecule has 0 saturated heterocycles. The molecule has 1 aromatic carbocycles. The Morgan fingerprint density at radius 2 is 1.87 bits per heavy atom. The van der Waals surface area contributed by atoms with Crippen LogP contribution in [0.1, 0.15) is 10.6 Å². The Labute approximate surface area is 101 Å². The summed E-state index contributed by atoms with van der Waals surface area (Å²) < 4.78 is 1.08. The number of thiazole rings is 1. The highest BCUT2D eigenvalue weighted by Gasteiger charge is 2.03. The van der Waals surface area contributed by atoms with E-state index in [0.717, 1.165) is 21.0 Å². The predicted octanol–water partition coefficient (Wildman–Crippen LogP) is 4.27. The molecular formula is C11H11BrN2S. The minimum Gasteiger partial charge on any atom is -0.332 e. The maximum absolute atomic E-state index is 4.42. The lowest BCUT2D eigenvalue weighted by molar-refractivity contribution is 1.23. The van der Waals surface area contributed by atoms with Gasteiger partial charge in [0.2, 0.25) is 0 Å². The molecule has 1 aromatic heterocycles. The summed E-state index contributed by atoms with van der Waals surface area (Å²) in [7, 11) is 0. The fraction of sp³-hybridized carbons (Fsp3) is 0.182. The summed E-state index contributed by atoms with van der Waals surface area (Å²) in [6.07, 6.45) is 0. The third-order valence-corrected chi connectivity index (χ3v) is 3.64. The zero-order valence-electron chi connectivity index (χ0n) is 8.54. The average molecular weight is 283 g/mol. The van der Waals surface area contributed by atoms with Crippen molar-refractivity contribution >= 4 is 38.1 Å². The minimum atomic E-state index is 0.951. The number of benzene rings is 1. The van der Waals surface area contributed by atoms with Gasteiger partial charge in [0.1, 0.15) is 0 Å². The van der Waals surface area contributed by atoms with E-state index < -0.39 is 0 Å². The lowest BCUT2D eigenvalue weighted by Gasteiger charge is -2.01. The minimum absolute atomic E-state index is 0.951. The predicted molar refractivity (Wildman–Crippen MR) is 69.0 cm³/mol. The maximum Gasteiger partial charge on any atom is 0.187 e. The molecule has 78 valence electrons. The number of hydrogen-bond donors (Lipinski definition) is 1. The maximum atomic E-state index is 4.42. The van der Waals surface area contributed by atoms with Crippen molar-refractivity contribution in [2.75, 3.05) is 5.32 Å². The molecule has 1 N–H and O–H groups in total. The summed E-state index contributed by atoms with van der Waals surface area (Å²) in [5, 5.41) is 4.23. The van der Waals surface area contributed by atoms with Gasteiger partial charge in [-0.25, -0.2) is 4.98 Å². The number of anilines is 2. The first kappa shape index (κ1) is 10.6. The van der Waals surface area contributed by atoms with Crippen LogP contribution in [0.25, 0.3) is 0 Å². The van der Waals surface area contributed by atoms with Gasteiger partial charge in [-0.15, -0.1) is 11.3 Å². The van der Waals surface area contributed by atoms with E-state index in [-0.39, 0.29) is 0 Å². The van der Waals surface area contributed by atoms with Crippen LogP contribution in [0, 0.1) is 13.8 Å². The lowest BCUT2D eigenvalue weighted by atomic mass is 10.3. The first-order valence-electron chi connectivity index (χ1n) is 4.62. The number of hydrogen-bond acceptors (Lipinski definition) is 3. The van der Waals surface area contributed by atoms with Crippen molar-refractivity contribution in [3.63, 3.8) is 0 Å². The van der Waals surface area contributed by atoms with Gasteiger partial charge in [0, 0.05) is 15.0 Å². The van der Waals surface area contributed by atoms with Crippen LogP contribution in [0.5, 0.6) is 0 Å². The first-order valence-corrected chi connectivity index (χ1v) is 6.23. The Balaban J connectivity index is 2.18. The number of aromatic nitrogens is 1. The third-order valence-electron chi connectivity index (χ3n) is 2.12. The Morgan fingerprint density at radius 3 is 2.40 bits per heavy atom. The molecular weight excluding hydrogens is 272 g/mol. The molecule has 0 atom stereocenters. The van der Waals surface area contributed by atoms with E-state index in [1.807, 2.05) is 31.2 Å². The highest BCUT2D eigenvalue weighted by molar-refractivity contribution is 9.10. The molecule has 2 rings (SSSR count). The topological polar surface area (TPSA) is 24.9 Å². The normalized spacial score (nSPS) is 10.3. The average Bonchev–Trinajstić information content (AvgIpc) is 2.50. The van der Waals surface area contributed by atoms with Gasteiger partial charge in [-0.1, -0.05) is 15.9 Å². The lowest BCUT2D eigenvalue weighted by Crippen LogP contribution is -1.88. The van der Waals surface area contributed by atoms with Crippen molar-refractivity contribution in [3.8, 4) is 0 Å². The Kier molecular flexibility index (Phi) is 3.07. The molecule has 0 spiro atoms. The molecule has 0 fully saturated rings. The highest BCUT2D eigenvalue weighted by Crippen LogP contribution is 2.25. The molecule has 2 aromatic rings. The second-order valence-electron chi connectivity index (χ2n) is 3.29. The van der Waals surface area contributed by atoms with Crippen LogP contribution in [-0.4, -0.2) is 4.98 Å². The zero-order chi connectivity index (χ0) is 10.8. The standard InChI is InChI=1S/C11H11BrN2S/c1-7-8(2)15-11(13-7)14-10-5-3-9(12)4-6-10/h3-6H,1-2H3,(H,13,14). The Hall–Kier alpha value is -0.870. The monoisotopic (exact) mass is 282 g/mol. The van der Waals surface area contributed by atoms with E-state index in [1.54, 1.807) is 11.3 Å². The molecule has 0 aliphatic heterocycles. The van der Waals surface area contributed by atoms with Crippen molar-refractivity contribution < 1.29 is 0 Å². The van der Waals surface area contributed by atoms with Crippen LogP contribution in [0.4, 0.5) is 10.8 Å². The van der Waals surface area contributed by atoms with E-state index in [0.29, 0.717) is 0 Å². The Bertz CT molecular complexity index is 442. The molecule has 4 heteroatoms. The summed E-state index contributed by atoms with van der Waals surface area (Å²) in [4.78, 5) is 5.68. The third kappa shape index (κ3) is 2.58. The molecule has 0 aliphatic carbocycles. The smallest absolute Gasteiger partial charge is 0.187 e. The number of halogens is 1. The molecule has 0 amide bonds. The van der Waals surface area contributed by atoms with Gasteiger partial charge in [0.05, 0.1) is 5.69 Å². The van der Waals surface area contributed by atoms with Crippen molar-refractivity contribution in [1.82, 2.24) is 4.98 Å². The number of rotatable bonds is 2.